The molecule has 0 aliphatic rings. The monoisotopic (exact) mass is 203 g/mol. The smallest absolute Gasteiger partial charge is 0.0587 e. The maximum Gasteiger partial charge on any atom is 0.0587 e. The number of nitrogens with one attached hydrogen (secondary N) is 2. The molecule has 0 aliphatic carbocycles. The van der Waals surface area contributed by atoms with Gasteiger partial charge in [0.1, 0.15) is 0 Å². The summed E-state index contributed by atoms with van der Waals surface area (Å²) in [5.41, 5.74) is 2.41. The van der Waals surface area contributed by atoms with Crippen molar-refractivity contribution in [3.05, 3.63) is 36.0 Å². The number of H-pyrrole nitrogens is 1. The van der Waals surface area contributed by atoms with E-state index in [4.69, 9.17) is 4.74 Å². The minimum Gasteiger partial charge on any atom is -0.383 e. The van der Waals surface area contributed by atoms with Crippen molar-refractivity contribution in [3.8, 4) is 0 Å². The third-order valence-corrected chi connectivity index (χ3v) is 2.35. The lowest BCUT2D eigenvalue weighted by atomic mass is 10.1. The van der Waals surface area contributed by atoms with Gasteiger partial charge in [-0.1, -0.05) is 12.1 Å². The molecule has 0 saturated carbocycles. The van der Waals surface area contributed by atoms with Gasteiger partial charge < -0.3 is 15.0 Å². The first-order chi connectivity index (χ1) is 7.40. The lowest BCUT2D eigenvalue weighted by Gasteiger charge is -2.04. The van der Waals surface area contributed by atoms with Gasteiger partial charge in [0.15, 0.2) is 0 Å². The number of rotatable bonds is 5. The summed E-state index contributed by atoms with van der Waals surface area (Å²) >= 11 is 0. The molecule has 3 nitrogen and oxygen atoms in total. The maximum absolute atomic E-state index is 4.96. The Kier molecular flexibility index (Phi) is 3.37. The summed E-state index contributed by atoms with van der Waals surface area (Å²) in [5, 5.41) is 4.45. The standard InChI is InChI=1S/C12H15N2O/c1-15-7-6-13-9-10-2-3-11-4-5-14-12(11)8-10/h2-3,5,8,13-14H,6-7,9H2,1H3. The van der Waals surface area contributed by atoms with Crippen LogP contribution in [0.2, 0.25) is 0 Å². The molecule has 3 heteroatoms. The van der Waals surface area contributed by atoms with Gasteiger partial charge in [0.05, 0.1) is 6.61 Å². The molecule has 0 unspecified atom stereocenters. The number of aromatic nitrogens is 1. The van der Waals surface area contributed by atoms with E-state index in [1.807, 2.05) is 6.20 Å². The van der Waals surface area contributed by atoms with Gasteiger partial charge in [0.25, 0.3) is 0 Å². The Labute approximate surface area is 89.4 Å². The van der Waals surface area contributed by atoms with Gasteiger partial charge in [0, 0.05) is 43.4 Å². The van der Waals surface area contributed by atoms with E-state index in [0.29, 0.717) is 0 Å². The van der Waals surface area contributed by atoms with Crippen LogP contribution < -0.4 is 5.32 Å². The molecule has 2 N–H and O–H groups in total. The van der Waals surface area contributed by atoms with Crippen molar-refractivity contribution >= 4 is 10.9 Å². The average Bonchev–Trinajstić information content (AvgIpc) is 2.71. The second-order valence-electron chi connectivity index (χ2n) is 3.48. The fourth-order valence-corrected chi connectivity index (χ4v) is 1.55. The highest BCUT2D eigenvalue weighted by Crippen LogP contribution is 2.13. The van der Waals surface area contributed by atoms with E-state index in [1.54, 1.807) is 7.11 Å². The summed E-state index contributed by atoms with van der Waals surface area (Å²) in [6.07, 6.45) is 1.84. The minimum atomic E-state index is 0.749. The molecule has 15 heavy (non-hydrogen) atoms. The number of benzene rings is 1. The minimum absolute atomic E-state index is 0.749. The van der Waals surface area contributed by atoms with Crippen LogP contribution in [0.4, 0.5) is 0 Å². The van der Waals surface area contributed by atoms with Gasteiger partial charge in [-0.2, -0.15) is 0 Å². The summed E-state index contributed by atoms with van der Waals surface area (Å²) in [5.74, 6) is 0. The molecule has 0 fully saturated rings. The zero-order valence-corrected chi connectivity index (χ0v) is 8.84. The van der Waals surface area contributed by atoms with Crippen molar-refractivity contribution in [3.63, 3.8) is 0 Å². The first kappa shape index (κ1) is 10.2. The second kappa shape index (κ2) is 4.96. The van der Waals surface area contributed by atoms with Gasteiger partial charge in [-0.25, -0.2) is 0 Å². The van der Waals surface area contributed by atoms with E-state index in [-0.39, 0.29) is 0 Å². The molecule has 79 valence electrons. The van der Waals surface area contributed by atoms with Gasteiger partial charge in [0.2, 0.25) is 0 Å². The Bertz CT molecular complexity index is 422. The summed E-state index contributed by atoms with van der Waals surface area (Å²) in [7, 11) is 1.71. The second-order valence-corrected chi connectivity index (χ2v) is 3.48. The first-order valence-electron chi connectivity index (χ1n) is 5.07. The van der Waals surface area contributed by atoms with Crippen molar-refractivity contribution in [2.45, 2.75) is 6.54 Å². The number of methoxy groups -OCH3 is 1. The highest BCUT2D eigenvalue weighted by Gasteiger charge is 1.96. The van der Waals surface area contributed by atoms with Gasteiger partial charge in [-0.05, 0) is 11.6 Å². The van der Waals surface area contributed by atoms with E-state index >= 15 is 0 Å². The Balaban J connectivity index is 1.96. The Morgan fingerprint density at radius 3 is 3.27 bits per heavy atom. The number of hydrogen-bond acceptors (Lipinski definition) is 2. The number of fused-ring (bicyclic) bond motifs is 1. The van der Waals surface area contributed by atoms with Crippen LogP contribution in [-0.4, -0.2) is 25.2 Å². The highest BCUT2D eigenvalue weighted by molar-refractivity contribution is 5.79. The fourth-order valence-electron chi connectivity index (χ4n) is 1.55. The third-order valence-electron chi connectivity index (χ3n) is 2.35. The zero-order valence-electron chi connectivity index (χ0n) is 8.84. The molecule has 1 aromatic heterocycles. The van der Waals surface area contributed by atoms with Crippen molar-refractivity contribution in [2.24, 2.45) is 0 Å². The molecule has 0 spiro atoms. The molecule has 2 rings (SSSR count). The highest BCUT2D eigenvalue weighted by atomic mass is 16.5. The van der Waals surface area contributed by atoms with Crippen LogP contribution in [0.3, 0.4) is 0 Å². The predicted octanol–water partition coefficient (Wildman–Crippen LogP) is 1.70. The summed E-state index contributed by atoms with van der Waals surface area (Å²) in [6.45, 7) is 2.50. The SMILES string of the molecule is COCCNCc1ccc2[c]c[nH]c2c1. The zero-order chi connectivity index (χ0) is 10.5. The molecule has 0 bridgehead atoms. The largest absolute Gasteiger partial charge is 0.383 e. The Morgan fingerprint density at radius 1 is 1.47 bits per heavy atom. The maximum atomic E-state index is 4.96. The van der Waals surface area contributed by atoms with E-state index in [2.05, 4.69) is 34.6 Å². The molecular weight excluding hydrogens is 188 g/mol. The molecule has 0 aliphatic heterocycles. The van der Waals surface area contributed by atoms with Crippen molar-refractivity contribution < 1.29 is 4.74 Å². The van der Waals surface area contributed by atoms with Crippen LogP contribution in [0.1, 0.15) is 5.56 Å². The van der Waals surface area contributed by atoms with E-state index in [1.165, 1.54) is 5.56 Å². The summed E-state index contributed by atoms with van der Waals surface area (Å²) in [4.78, 5) is 3.15. The summed E-state index contributed by atoms with van der Waals surface area (Å²) < 4.78 is 4.96. The normalized spacial score (nSPS) is 11.0. The molecular formula is C12H15N2O. The average molecular weight is 203 g/mol. The van der Waals surface area contributed by atoms with Crippen LogP contribution in [0.5, 0.6) is 0 Å². The molecule has 0 atom stereocenters. The number of hydrogen-bond donors (Lipinski definition) is 2. The molecule has 1 radical (unpaired) electrons. The van der Waals surface area contributed by atoms with Crippen molar-refractivity contribution in [2.75, 3.05) is 20.3 Å². The van der Waals surface area contributed by atoms with E-state index in [9.17, 15) is 0 Å². The lowest BCUT2D eigenvalue weighted by molar-refractivity contribution is 0.199. The molecule has 1 heterocycles. The summed E-state index contributed by atoms with van der Waals surface area (Å²) in [6, 6.07) is 9.47. The third kappa shape index (κ3) is 2.58. The van der Waals surface area contributed by atoms with Gasteiger partial charge in [-0.3, -0.25) is 0 Å². The Hall–Kier alpha value is -1.32. The first-order valence-corrected chi connectivity index (χ1v) is 5.07. The fraction of sp³-hybridized carbons (Fsp3) is 0.333. The van der Waals surface area contributed by atoms with Gasteiger partial charge in [-0.15, -0.1) is 0 Å². The molecule has 0 saturated heterocycles. The van der Waals surface area contributed by atoms with Crippen LogP contribution in [0.25, 0.3) is 10.9 Å². The van der Waals surface area contributed by atoms with Crippen LogP contribution in [0.15, 0.2) is 24.4 Å². The van der Waals surface area contributed by atoms with Crippen molar-refractivity contribution in [1.29, 1.82) is 0 Å². The topological polar surface area (TPSA) is 37.0 Å². The quantitative estimate of drug-likeness (QED) is 0.726. The molecule has 2 aromatic rings. The van der Waals surface area contributed by atoms with E-state index < -0.39 is 0 Å². The number of ether oxygens (including phenoxy) is 1. The van der Waals surface area contributed by atoms with Crippen LogP contribution in [0, 0.1) is 6.07 Å². The number of aromatic amines is 1. The van der Waals surface area contributed by atoms with Crippen molar-refractivity contribution in [1.82, 2.24) is 10.3 Å². The Morgan fingerprint density at radius 2 is 2.40 bits per heavy atom. The predicted molar refractivity (Wildman–Crippen MR) is 60.7 cm³/mol. The lowest BCUT2D eigenvalue weighted by Crippen LogP contribution is -2.18. The van der Waals surface area contributed by atoms with Crippen LogP contribution in [-0.2, 0) is 11.3 Å². The van der Waals surface area contributed by atoms with E-state index in [0.717, 1.165) is 30.6 Å². The molecule has 1 aromatic carbocycles. The molecule has 0 amide bonds. The van der Waals surface area contributed by atoms with Crippen LogP contribution >= 0.6 is 0 Å². The van der Waals surface area contributed by atoms with Gasteiger partial charge >= 0.3 is 0 Å².